The van der Waals surface area contributed by atoms with Crippen LogP contribution in [0.2, 0.25) is 0 Å². The molecule has 1 aliphatic rings. The zero-order valence-corrected chi connectivity index (χ0v) is 13.7. The first-order valence-corrected chi connectivity index (χ1v) is 8.48. The highest BCUT2D eigenvalue weighted by Gasteiger charge is 2.31. The summed E-state index contributed by atoms with van der Waals surface area (Å²) in [5, 5.41) is 19.5. The van der Waals surface area contributed by atoms with Crippen molar-refractivity contribution in [3.63, 3.8) is 0 Å². The zero-order chi connectivity index (χ0) is 16.2. The van der Waals surface area contributed by atoms with Crippen molar-refractivity contribution in [2.45, 2.75) is 31.6 Å². The lowest BCUT2D eigenvalue weighted by Gasteiger charge is -2.39. The van der Waals surface area contributed by atoms with Gasteiger partial charge in [-0.15, -0.1) is 0 Å². The van der Waals surface area contributed by atoms with E-state index in [2.05, 4.69) is 42.2 Å². The quantitative estimate of drug-likeness (QED) is 0.836. The molecule has 1 saturated heterocycles. The largest absolute Gasteiger partial charge is 0.504 e. The van der Waals surface area contributed by atoms with Gasteiger partial charge in [0.2, 0.25) is 0 Å². The second-order valence-electron chi connectivity index (χ2n) is 6.46. The molecule has 0 saturated carbocycles. The molecule has 23 heavy (non-hydrogen) atoms. The molecule has 1 aliphatic heterocycles. The van der Waals surface area contributed by atoms with E-state index in [1.807, 2.05) is 6.07 Å². The molecule has 2 aromatic rings. The molecule has 2 N–H and O–H groups in total. The summed E-state index contributed by atoms with van der Waals surface area (Å²) < 4.78 is 0. The summed E-state index contributed by atoms with van der Waals surface area (Å²) in [7, 11) is 0. The van der Waals surface area contributed by atoms with Crippen molar-refractivity contribution in [1.29, 1.82) is 0 Å². The molecule has 3 heteroatoms. The predicted octanol–water partition coefficient (Wildman–Crippen LogP) is 4.08. The van der Waals surface area contributed by atoms with Gasteiger partial charge in [-0.1, -0.05) is 43.3 Å². The van der Waals surface area contributed by atoms with Gasteiger partial charge in [-0.25, -0.2) is 0 Å². The first-order chi connectivity index (χ1) is 11.2. The van der Waals surface area contributed by atoms with Gasteiger partial charge in [0.25, 0.3) is 0 Å². The first-order valence-electron chi connectivity index (χ1n) is 8.48. The Morgan fingerprint density at radius 3 is 2.43 bits per heavy atom. The van der Waals surface area contributed by atoms with E-state index in [9.17, 15) is 10.2 Å². The summed E-state index contributed by atoms with van der Waals surface area (Å²) in [5.74, 6) is 0.714. The maximum Gasteiger partial charge on any atom is 0.157 e. The number of hydrogen-bond acceptors (Lipinski definition) is 3. The molecule has 0 aromatic heterocycles. The highest BCUT2D eigenvalue weighted by molar-refractivity contribution is 5.43. The van der Waals surface area contributed by atoms with Crippen LogP contribution in [0.4, 0.5) is 0 Å². The number of phenolic OH excluding ortho intramolecular Hbond substituents is 2. The van der Waals surface area contributed by atoms with Crippen molar-refractivity contribution in [3.05, 3.63) is 59.7 Å². The van der Waals surface area contributed by atoms with Gasteiger partial charge in [-0.2, -0.15) is 0 Å². The Morgan fingerprint density at radius 2 is 1.74 bits per heavy atom. The highest BCUT2D eigenvalue weighted by Crippen LogP contribution is 2.41. The molecule has 122 valence electrons. The average Bonchev–Trinajstić information content (AvgIpc) is 2.58. The van der Waals surface area contributed by atoms with E-state index < -0.39 is 0 Å². The Labute approximate surface area is 138 Å². The van der Waals surface area contributed by atoms with Crippen LogP contribution >= 0.6 is 0 Å². The van der Waals surface area contributed by atoms with E-state index >= 15 is 0 Å². The van der Waals surface area contributed by atoms with Crippen molar-refractivity contribution in [3.8, 4) is 11.5 Å². The average molecular weight is 311 g/mol. The molecule has 3 rings (SSSR count). The molecule has 0 aliphatic carbocycles. The van der Waals surface area contributed by atoms with E-state index in [1.54, 1.807) is 12.1 Å². The van der Waals surface area contributed by atoms with Crippen LogP contribution in [-0.2, 0) is 0 Å². The van der Waals surface area contributed by atoms with Crippen LogP contribution in [0.3, 0.4) is 0 Å². The molecule has 0 unspecified atom stereocenters. The van der Waals surface area contributed by atoms with Crippen molar-refractivity contribution in [2.75, 3.05) is 19.6 Å². The van der Waals surface area contributed by atoms with E-state index in [4.69, 9.17) is 0 Å². The molecular weight excluding hydrogens is 286 g/mol. The lowest BCUT2D eigenvalue weighted by molar-refractivity contribution is 0.189. The minimum absolute atomic E-state index is 0.0260. The molecule has 2 aromatic carbocycles. The zero-order valence-electron chi connectivity index (χ0n) is 13.7. The number of benzene rings is 2. The molecule has 3 nitrogen and oxygen atoms in total. The molecule has 0 amide bonds. The van der Waals surface area contributed by atoms with Gasteiger partial charge >= 0.3 is 0 Å². The molecular formula is C20H25NO2. The highest BCUT2D eigenvalue weighted by atomic mass is 16.3. The number of aromatic hydroxyl groups is 2. The Bertz CT molecular complexity index is 641. The fourth-order valence-corrected chi connectivity index (χ4v) is 3.75. The summed E-state index contributed by atoms with van der Waals surface area (Å²) in [6.07, 6.45) is 2.28. The smallest absolute Gasteiger partial charge is 0.157 e. The van der Waals surface area contributed by atoms with E-state index in [1.165, 1.54) is 5.56 Å². The lowest BCUT2D eigenvalue weighted by Crippen LogP contribution is -2.38. The standard InChI is InChI=1S/C20H25NO2/c1-2-11-21-12-10-17(15-6-4-3-5-7-15)18(14-21)16-8-9-19(22)20(23)13-16/h3-9,13,17-18,22-23H,2,10-12,14H2,1H3/t17-,18+/m0/s1. The third-order valence-corrected chi connectivity index (χ3v) is 4.89. The Kier molecular flexibility index (Phi) is 4.87. The number of rotatable bonds is 4. The number of phenols is 2. The first kappa shape index (κ1) is 15.9. The molecule has 1 heterocycles. The van der Waals surface area contributed by atoms with Gasteiger partial charge < -0.3 is 15.1 Å². The number of hydrogen-bond donors (Lipinski definition) is 2. The van der Waals surface area contributed by atoms with Crippen LogP contribution in [0.15, 0.2) is 48.5 Å². The number of likely N-dealkylation sites (tertiary alicyclic amines) is 1. The van der Waals surface area contributed by atoms with Crippen molar-refractivity contribution >= 4 is 0 Å². The van der Waals surface area contributed by atoms with Crippen LogP contribution in [0.25, 0.3) is 0 Å². The topological polar surface area (TPSA) is 43.7 Å². The molecule has 0 bridgehead atoms. The van der Waals surface area contributed by atoms with Gasteiger partial charge in [-0.3, -0.25) is 0 Å². The summed E-state index contributed by atoms with van der Waals surface area (Å²) in [6, 6.07) is 15.9. The van der Waals surface area contributed by atoms with E-state index in [0.717, 1.165) is 38.0 Å². The van der Waals surface area contributed by atoms with Crippen LogP contribution in [0, 0.1) is 0 Å². The summed E-state index contributed by atoms with van der Waals surface area (Å²) in [5.41, 5.74) is 2.47. The van der Waals surface area contributed by atoms with Crippen LogP contribution in [-0.4, -0.2) is 34.7 Å². The molecule has 0 spiro atoms. The number of piperidine rings is 1. The third kappa shape index (κ3) is 3.50. The van der Waals surface area contributed by atoms with Gasteiger partial charge in [0, 0.05) is 12.5 Å². The van der Waals surface area contributed by atoms with Crippen LogP contribution < -0.4 is 0 Å². The summed E-state index contributed by atoms with van der Waals surface area (Å²) in [4.78, 5) is 2.51. The van der Waals surface area contributed by atoms with E-state index in [0.29, 0.717) is 11.8 Å². The molecule has 1 fully saturated rings. The van der Waals surface area contributed by atoms with Crippen LogP contribution in [0.1, 0.15) is 42.7 Å². The van der Waals surface area contributed by atoms with Gasteiger partial charge in [0.1, 0.15) is 0 Å². The van der Waals surface area contributed by atoms with Crippen molar-refractivity contribution in [1.82, 2.24) is 4.90 Å². The molecule has 2 atom stereocenters. The Balaban J connectivity index is 1.92. The van der Waals surface area contributed by atoms with Gasteiger partial charge in [0.05, 0.1) is 0 Å². The van der Waals surface area contributed by atoms with Gasteiger partial charge in [-0.05, 0) is 55.1 Å². The van der Waals surface area contributed by atoms with Crippen molar-refractivity contribution < 1.29 is 10.2 Å². The van der Waals surface area contributed by atoms with Crippen LogP contribution in [0.5, 0.6) is 11.5 Å². The maximum absolute atomic E-state index is 9.89. The Morgan fingerprint density at radius 1 is 0.957 bits per heavy atom. The predicted molar refractivity (Wildman–Crippen MR) is 93.0 cm³/mol. The summed E-state index contributed by atoms with van der Waals surface area (Å²) >= 11 is 0. The second kappa shape index (κ2) is 7.05. The minimum atomic E-state index is -0.0498. The van der Waals surface area contributed by atoms with Gasteiger partial charge in [0.15, 0.2) is 11.5 Å². The van der Waals surface area contributed by atoms with E-state index in [-0.39, 0.29) is 11.5 Å². The Hall–Kier alpha value is -2.00. The lowest BCUT2D eigenvalue weighted by atomic mass is 9.76. The second-order valence-corrected chi connectivity index (χ2v) is 6.46. The fraction of sp³-hybridized carbons (Fsp3) is 0.400. The summed E-state index contributed by atoms with van der Waals surface area (Å²) in [6.45, 7) is 5.44. The molecule has 0 radical (unpaired) electrons. The monoisotopic (exact) mass is 311 g/mol. The fourth-order valence-electron chi connectivity index (χ4n) is 3.75. The number of nitrogens with zero attached hydrogens (tertiary/aromatic N) is 1. The minimum Gasteiger partial charge on any atom is -0.504 e. The SMILES string of the molecule is CCCN1CC[C@@H](c2ccccc2)[C@@H](c2ccc(O)c(O)c2)C1. The van der Waals surface area contributed by atoms with Crippen molar-refractivity contribution in [2.24, 2.45) is 0 Å². The third-order valence-electron chi connectivity index (χ3n) is 4.89. The maximum atomic E-state index is 9.89. The normalized spacial score (nSPS) is 22.1.